The molecule has 6 nitrogen and oxygen atoms in total. The Hall–Kier alpha value is -4.08. The van der Waals surface area contributed by atoms with E-state index in [1.807, 2.05) is 95.9 Å². The summed E-state index contributed by atoms with van der Waals surface area (Å²) in [6.07, 6.45) is 32.7. The Bertz CT molecular complexity index is 2990. The van der Waals surface area contributed by atoms with Crippen molar-refractivity contribution in [3.63, 3.8) is 0 Å². The van der Waals surface area contributed by atoms with E-state index in [9.17, 15) is 0 Å². The molecular formula is C82H112Cl4N6PRu2-. The minimum Gasteiger partial charge on any atom is -0.265 e. The Morgan fingerprint density at radius 1 is 0.389 bits per heavy atom. The van der Waals surface area contributed by atoms with E-state index >= 15 is 0 Å². The van der Waals surface area contributed by atoms with Gasteiger partial charge in [0.1, 0.15) is 0 Å². The van der Waals surface area contributed by atoms with Crippen LogP contribution >= 0.6 is 46.7 Å². The summed E-state index contributed by atoms with van der Waals surface area (Å²) in [5.41, 5.74) is 27.7. The maximum atomic E-state index is 5.67. The van der Waals surface area contributed by atoms with Crippen LogP contribution in [-0.4, -0.2) is 62.3 Å². The van der Waals surface area contributed by atoms with E-state index in [4.69, 9.17) is 38.8 Å². The third kappa shape index (κ3) is 27.5. The van der Waals surface area contributed by atoms with Gasteiger partial charge in [-0.25, -0.2) is 0 Å². The van der Waals surface area contributed by atoms with Gasteiger partial charge in [-0.15, -0.1) is 0 Å². The summed E-state index contributed by atoms with van der Waals surface area (Å²) < 4.78 is 3.80. The molecule has 0 amide bonds. The van der Waals surface area contributed by atoms with Crippen LogP contribution < -0.4 is 19.6 Å². The van der Waals surface area contributed by atoms with Gasteiger partial charge in [0.05, 0.1) is 17.0 Å². The van der Waals surface area contributed by atoms with Crippen molar-refractivity contribution in [3.8, 4) is 0 Å². The zero-order valence-corrected chi connectivity index (χ0v) is 67.2. The Morgan fingerprint density at radius 3 is 0.853 bits per heavy atom. The molecule has 2 aromatic heterocycles. The topological polar surface area (TPSA) is 38.7 Å². The van der Waals surface area contributed by atoms with Gasteiger partial charge in [0.15, 0.2) is 0 Å². The van der Waals surface area contributed by atoms with Gasteiger partial charge in [-0.1, -0.05) is 102 Å². The molecule has 5 fully saturated rings. The summed E-state index contributed by atoms with van der Waals surface area (Å²) in [6.45, 7) is 39.2. The second-order valence-corrected chi connectivity index (χ2v) is 41.8. The average Bonchev–Trinajstić information content (AvgIpc) is 1.71. The Kier molecular flexibility index (Phi) is 36.0. The number of allylic oxidation sites excluding steroid dienone is 2. The standard InChI is InChI=1S/2C21H27N2.C18H33P.C7H6.2C5H5N.C5H8.4ClH.2Ru/c2*1-14-9-16(3)20(17(4)10-14)22-7-8-23(13-22)21-18(5)11-15(2)12-19(21)6;1-4-10-16(11-5-1)19(17-12-6-2-7-13-17)18-14-8-3-9-15-18;1-7-5-3-2-4-6-7;2*1-2-4-6-5-3-1;1-4-5(2)3;;;;;;/h2*9-13H,7-8H2,1-6H3;16-18H,1-15H2;1-6H;2*1-5H;1,4H,2-3H3;4*1H;;/q2*-1;;;;;;;;;;2*+2/p-3. The van der Waals surface area contributed by atoms with Gasteiger partial charge in [0, 0.05) is 81.6 Å². The van der Waals surface area contributed by atoms with Crippen molar-refractivity contribution in [3.05, 3.63) is 237 Å². The molecule has 0 spiro atoms. The number of rotatable bonds is 9. The minimum atomic E-state index is -1.61. The van der Waals surface area contributed by atoms with Crippen LogP contribution in [0.3, 0.4) is 0 Å². The molecule has 5 aromatic carbocycles. The largest absolute Gasteiger partial charge is 0.265 e. The molecular weight excluding hydrogens is 1440 g/mol. The first-order chi connectivity index (χ1) is 45.6. The van der Waals surface area contributed by atoms with Gasteiger partial charge in [-0.2, -0.15) is 13.3 Å². The quantitative estimate of drug-likeness (QED) is 0.0815. The zero-order valence-electron chi connectivity index (χ0n) is 59.7. The van der Waals surface area contributed by atoms with Crippen LogP contribution in [0, 0.1) is 96.4 Å². The number of nitrogens with zero attached hydrogens (tertiary/aromatic N) is 6. The third-order valence-corrected chi connectivity index (χ3v) is 26.5. The number of halogens is 4. The fourth-order valence-corrected chi connectivity index (χ4v) is 23.3. The normalized spacial score (nSPS) is 15.9. The summed E-state index contributed by atoms with van der Waals surface area (Å²) >= 11 is -3.13. The van der Waals surface area contributed by atoms with E-state index in [0.29, 0.717) is 0 Å². The second kappa shape index (κ2) is 42.8. The van der Waals surface area contributed by atoms with Crippen molar-refractivity contribution in [2.24, 2.45) is 0 Å². The van der Waals surface area contributed by atoms with Crippen molar-refractivity contribution in [1.29, 1.82) is 0 Å². The molecule has 3 saturated carbocycles. The molecule has 5 aliphatic rings. The van der Waals surface area contributed by atoms with Crippen LogP contribution in [0.15, 0.2) is 152 Å². The predicted octanol–water partition coefficient (Wildman–Crippen LogP) is 23.8. The molecule has 0 N–H and O–H groups in total. The summed E-state index contributed by atoms with van der Waals surface area (Å²) in [5, 5.41) is 0. The molecule has 95 heavy (non-hydrogen) atoms. The van der Waals surface area contributed by atoms with E-state index in [0.717, 1.165) is 31.7 Å². The maximum absolute atomic E-state index is 5.67. The maximum Gasteiger partial charge on any atom is 0.0267 e. The molecule has 3 aliphatic carbocycles. The number of benzene rings is 5. The molecule has 12 rings (SSSR count). The van der Waals surface area contributed by atoms with Crippen LogP contribution in [-0.2, 0) is 27.0 Å². The van der Waals surface area contributed by atoms with Gasteiger partial charge < -0.3 is 19.6 Å². The summed E-state index contributed by atoms with van der Waals surface area (Å²) in [7, 11) is 22.3. The zero-order chi connectivity index (χ0) is 68.8. The summed E-state index contributed by atoms with van der Waals surface area (Å²) in [6, 6.07) is 39.6. The Balaban J connectivity index is 0.000000186. The average molecular weight is 1560 g/mol. The third-order valence-electron chi connectivity index (χ3n) is 18.3. The van der Waals surface area contributed by atoms with Gasteiger partial charge in [0.2, 0.25) is 0 Å². The first kappa shape index (κ1) is 79.9. The summed E-state index contributed by atoms with van der Waals surface area (Å²) in [4.78, 5) is 17.2. The molecule has 520 valence electrons. The number of anilines is 4. The van der Waals surface area contributed by atoms with E-state index in [1.54, 1.807) is 121 Å². The molecule has 0 atom stereocenters. The SMILES string of the molecule is C1CCC([PH+](C2CCCCC2)C2CCCCC2)CC1.CC(C)=C[CH]=[Ru]([Cl])[Cl].Cc1cc(C)c(N2[CH-]N(c3c(C)cc(C)cc3C)CC2)c(C)c1.Cc1cc(C)c(N2[CH-]N(c3c(C)cc(C)cc3C)CC2)c(C)c1.[Cl][Ru]([Cl])=[CH]c1ccccc1.c1ccncc1.c1ccncc1. The first-order valence-corrected chi connectivity index (χ1v) is 47.3. The van der Waals surface area contributed by atoms with Crippen molar-refractivity contribution in [2.45, 2.75) is 210 Å². The van der Waals surface area contributed by atoms with Crippen molar-refractivity contribution < 1.29 is 27.0 Å². The van der Waals surface area contributed by atoms with E-state index in [2.05, 4.69) is 175 Å². The first-order valence-electron chi connectivity index (χ1n) is 34.6. The van der Waals surface area contributed by atoms with Crippen LogP contribution in [0.25, 0.3) is 0 Å². The number of hydrogen-bond acceptors (Lipinski definition) is 6. The number of aryl methyl sites for hydroxylation is 12. The number of aromatic nitrogens is 2. The molecule has 7 aromatic rings. The number of hydrogen-bond donors (Lipinski definition) is 0. The van der Waals surface area contributed by atoms with Crippen molar-refractivity contribution in [2.75, 3.05) is 45.8 Å². The van der Waals surface area contributed by atoms with E-state index < -0.39 is 27.0 Å². The smallest absolute Gasteiger partial charge is 0.0267 e. The van der Waals surface area contributed by atoms with Gasteiger partial charge in [-0.05, 0) is 229 Å². The Morgan fingerprint density at radius 2 is 0.653 bits per heavy atom. The van der Waals surface area contributed by atoms with E-state index in [1.165, 1.54) is 112 Å². The Labute approximate surface area is 603 Å². The molecule has 0 radical (unpaired) electrons. The van der Waals surface area contributed by atoms with Crippen molar-refractivity contribution in [1.82, 2.24) is 9.97 Å². The molecule has 2 saturated heterocycles. The van der Waals surface area contributed by atoms with Crippen molar-refractivity contribution >= 4 is 78.7 Å². The number of pyridine rings is 2. The molecule has 13 heteroatoms. The molecule has 2 aliphatic heterocycles. The molecule has 4 heterocycles. The van der Waals surface area contributed by atoms with Crippen LogP contribution in [0.1, 0.15) is 182 Å². The fraction of sp³-hybridized carbons (Fsp3) is 0.439. The monoisotopic (exact) mass is 1560 g/mol. The molecule has 0 bridgehead atoms. The summed E-state index contributed by atoms with van der Waals surface area (Å²) in [5.74, 6) is 0. The van der Waals surface area contributed by atoms with Gasteiger partial charge >= 0.3 is 136 Å². The molecule has 0 unspecified atom stereocenters. The van der Waals surface area contributed by atoms with E-state index in [-0.39, 0.29) is 7.92 Å². The second-order valence-electron chi connectivity index (χ2n) is 26.8. The van der Waals surface area contributed by atoms with Crippen LogP contribution in [0.5, 0.6) is 0 Å². The van der Waals surface area contributed by atoms with Crippen LogP contribution in [0.4, 0.5) is 22.7 Å². The van der Waals surface area contributed by atoms with Gasteiger partial charge in [-0.3, -0.25) is 9.97 Å². The van der Waals surface area contributed by atoms with Gasteiger partial charge in [0.25, 0.3) is 0 Å². The predicted molar refractivity (Wildman–Crippen MR) is 419 cm³/mol. The fourth-order valence-electron chi connectivity index (χ4n) is 14.9. The van der Waals surface area contributed by atoms with Crippen LogP contribution in [0.2, 0.25) is 0 Å². The minimum absolute atomic E-state index is 0.0465.